The molecule has 7 heteroatoms. The maximum absolute atomic E-state index is 13.1. The molecule has 1 unspecified atom stereocenters. The average Bonchev–Trinajstić information content (AvgIpc) is 2.95. The fourth-order valence-electron chi connectivity index (χ4n) is 3.74. The molecule has 0 bridgehead atoms. The molecule has 6 nitrogen and oxygen atoms in total. The minimum Gasteiger partial charge on any atom is -0.348 e. The van der Waals surface area contributed by atoms with Crippen LogP contribution in [0.4, 0.5) is 0 Å². The van der Waals surface area contributed by atoms with Crippen LogP contribution in [0.3, 0.4) is 0 Å². The molecule has 2 heterocycles. The van der Waals surface area contributed by atoms with Gasteiger partial charge in [0.2, 0.25) is 0 Å². The summed E-state index contributed by atoms with van der Waals surface area (Å²) in [6.07, 6.45) is 2.10. The Morgan fingerprint density at radius 3 is 2.53 bits per heavy atom. The Morgan fingerprint density at radius 2 is 1.90 bits per heavy atom. The Hall–Kier alpha value is -2.38. The molecule has 3 rings (SSSR count). The minimum atomic E-state index is -0.192. The Balaban J connectivity index is 1.95. The van der Waals surface area contributed by atoms with Gasteiger partial charge in [0.25, 0.3) is 11.5 Å². The number of rotatable bonds is 6. The van der Waals surface area contributed by atoms with Crippen molar-refractivity contribution in [2.24, 2.45) is 0 Å². The fourth-order valence-corrected chi connectivity index (χ4v) is 4.19. The number of nitrogens with zero attached hydrogens (tertiary/aromatic N) is 2. The second-order valence-corrected chi connectivity index (χ2v) is 9.17. The molecule has 160 valence electrons. The van der Waals surface area contributed by atoms with Crippen molar-refractivity contribution in [3.05, 3.63) is 67.2 Å². The Kier molecular flexibility index (Phi) is 6.53. The number of benzene rings is 1. The number of carbonyl (C=O) groups excluding carboxylic acids is 1. The predicted molar refractivity (Wildman–Crippen MR) is 125 cm³/mol. The smallest absolute Gasteiger partial charge is 0.253 e. The van der Waals surface area contributed by atoms with E-state index in [-0.39, 0.29) is 18.0 Å². The van der Waals surface area contributed by atoms with Gasteiger partial charge in [-0.15, -0.1) is 0 Å². The van der Waals surface area contributed by atoms with Crippen molar-refractivity contribution in [2.45, 2.75) is 46.8 Å². The number of pyridine rings is 1. The van der Waals surface area contributed by atoms with Crippen LogP contribution in [0.1, 0.15) is 39.7 Å². The number of aromatic amines is 1. The summed E-state index contributed by atoms with van der Waals surface area (Å²) in [5.74, 6) is -0.192. The molecule has 0 saturated carbocycles. The summed E-state index contributed by atoms with van der Waals surface area (Å²) < 4.78 is 3.05. The molecule has 0 spiro atoms. The summed E-state index contributed by atoms with van der Waals surface area (Å²) in [5.41, 5.74) is 4.78. The summed E-state index contributed by atoms with van der Waals surface area (Å²) in [4.78, 5) is 30.3. The molecule has 2 aromatic heterocycles. The molecule has 0 aliphatic carbocycles. The average molecular weight is 473 g/mol. The van der Waals surface area contributed by atoms with Crippen LogP contribution in [0.15, 0.2) is 33.7 Å². The lowest BCUT2D eigenvalue weighted by Gasteiger charge is -2.21. The second kappa shape index (κ2) is 8.78. The van der Waals surface area contributed by atoms with Crippen molar-refractivity contribution in [3.8, 4) is 0 Å². The van der Waals surface area contributed by atoms with E-state index in [2.05, 4.69) is 69.0 Å². The first-order valence-corrected chi connectivity index (χ1v) is 10.8. The molecule has 1 amide bonds. The van der Waals surface area contributed by atoms with Gasteiger partial charge >= 0.3 is 0 Å². The lowest BCUT2D eigenvalue weighted by molar-refractivity contribution is 0.0952. The lowest BCUT2D eigenvalue weighted by atomic mass is 10.1. The summed E-state index contributed by atoms with van der Waals surface area (Å²) in [6, 6.07) is 6.16. The summed E-state index contributed by atoms with van der Waals surface area (Å²) >= 11 is 3.56. The molecule has 0 radical (unpaired) electrons. The van der Waals surface area contributed by atoms with E-state index in [0.29, 0.717) is 17.2 Å². The van der Waals surface area contributed by atoms with Crippen LogP contribution in [-0.4, -0.2) is 40.5 Å². The normalized spacial score (nSPS) is 12.5. The number of fused-ring (bicyclic) bond motifs is 1. The summed E-state index contributed by atoms with van der Waals surface area (Å²) in [6.45, 7) is 8.95. The third kappa shape index (κ3) is 4.52. The van der Waals surface area contributed by atoms with Crippen LogP contribution >= 0.6 is 15.9 Å². The molecule has 30 heavy (non-hydrogen) atoms. The number of amides is 1. The maximum Gasteiger partial charge on any atom is 0.253 e. The topological polar surface area (TPSA) is 70.1 Å². The van der Waals surface area contributed by atoms with E-state index in [0.717, 1.165) is 38.7 Å². The first-order chi connectivity index (χ1) is 14.1. The van der Waals surface area contributed by atoms with E-state index in [4.69, 9.17) is 0 Å². The number of aromatic nitrogens is 2. The quantitative estimate of drug-likeness (QED) is 0.571. The van der Waals surface area contributed by atoms with Crippen LogP contribution in [0.25, 0.3) is 10.9 Å². The number of aryl methyl sites for hydroxylation is 3. The van der Waals surface area contributed by atoms with E-state index in [1.54, 1.807) is 0 Å². The van der Waals surface area contributed by atoms with Crippen molar-refractivity contribution in [1.82, 2.24) is 19.8 Å². The van der Waals surface area contributed by atoms with Gasteiger partial charge in [0, 0.05) is 46.4 Å². The second-order valence-electron chi connectivity index (χ2n) is 8.25. The molecule has 2 N–H and O–H groups in total. The fraction of sp³-hybridized carbons (Fsp3) is 0.391. The highest BCUT2D eigenvalue weighted by Gasteiger charge is 2.18. The number of carbonyl (C=O) groups is 1. The molecule has 0 aliphatic rings. The van der Waals surface area contributed by atoms with Crippen molar-refractivity contribution in [3.63, 3.8) is 0 Å². The molecule has 0 saturated heterocycles. The number of hydrogen-bond acceptors (Lipinski definition) is 3. The first kappa shape index (κ1) is 22.3. The lowest BCUT2D eigenvalue weighted by Crippen LogP contribution is -2.29. The van der Waals surface area contributed by atoms with Crippen LogP contribution < -0.4 is 10.9 Å². The highest BCUT2D eigenvalue weighted by atomic mass is 79.9. The zero-order chi connectivity index (χ0) is 22.2. The Labute approximate surface area is 185 Å². The van der Waals surface area contributed by atoms with Gasteiger partial charge in [-0.1, -0.05) is 15.9 Å². The highest BCUT2D eigenvalue weighted by Crippen LogP contribution is 2.29. The van der Waals surface area contributed by atoms with E-state index < -0.39 is 0 Å². The number of likely N-dealkylation sites (N-methyl/N-ethyl adjacent to an activating group) is 1. The van der Waals surface area contributed by atoms with Crippen molar-refractivity contribution in [2.75, 3.05) is 14.1 Å². The Morgan fingerprint density at radius 1 is 1.20 bits per heavy atom. The number of H-pyrrole nitrogens is 1. The van der Waals surface area contributed by atoms with Gasteiger partial charge in [-0.2, -0.15) is 0 Å². The van der Waals surface area contributed by atoms with Gasteiger partial charge in [-0.3, -0.25) is 9.59 Å². The van der Waals surface area contributed by atoms with Crippen molar-refractivity contribution < 1.29 is 4.79 Å². The van der Waals surface area contributed by atoms with Crippen LogP contribution in [0, 0.1) is 20.8 Å². The molecule has 3 aromatic rings. The van der Waals surface area contributed by atoms with E-state index in [9.17, 15) is 9.59 Å². The summed E-state index contributed by atoms with van der Waals surface area (Å²) in [7, 11) is 4.12. The van der Waals surface area contributed by atoms with Gasteiger partial charge in [0.15, 0.2) is 0 Å². The molecule has 0 fully saturated rings. The number of hydrogen-bond donors (Lipinski definition) is 2. The Bertz CT molecular complexity index is 1160. The third-order valence-corrected chi connectivity index (χ3v) is 6.10. The van der Waals surface area contributed by atoms with Gasteiger partial charge in [0.1, 0.15) is 0 Å². The SMILES string of the molecule is Cc1cc(C)c(CNC(=O)c2cc(Br)cc3c2c(C)cn3CC(C)N(C)C)c(=O)[nH]1. The number of nitrogens with one attached hydrogen (secondary N) is 2. The molecule has 1 aromatic carbocycles. The molecular weight excluding hydrogens is 444 g/mol. The number of halogens is 1. The molecule has 1 atom stereocenters. The monoisotopic (exact) mass is 472 g/mol. The van der Waals surface area contributed by atoms with E-state index in [1.807, 2.05) is 32.9 Å². The predicted octanol–water partition coefficient (Wildman–Crippen LogP) is 3.90. The zero-order valence-electron chi connectivity index (χ0n) is 18.4. The van der Waals surface area contributed by atoms with Crippen molar-refractivity contribution >= 4 is 32.7 Å². The first-order valence-electron chi connectivity index (χ1n) is 10.0. The molecule has 0 aliphatic heterocycles. The van der Waals surface area contributed by atoms with Gasteiger partial charge in [-0.25, -0.2) is 0 Å². The highest BCUT2D eigenvalue weighted by molar-refractivity contribution is 9.10. The van der Waals surface area contributed by atoms with Crippen LogP contribution in [0.5, 0.6) is 0 Å². The summed E-state index contributed by atoms with van der Waals surface area (Å²) in [5, 5.41) is 3.87. The van der Waals surface area contributed by atoms with Crippen LogP contribution in [-0.2, 0) is 13.1 Å². The van der Waals surface area contributed by atoms with Gasteiger partial charge < -0.3 is 19.8 Å². The minimum absolute atomic E-state index is 0.160. The third-order valence-electron chi connectivity index (χ3n) is 5.64. The largest absolute Gasteiger partial charge is 0.348 e. The van der Waals surface area contributed by atoms with Crippen molar-refractivity contribution in [1.29, 1.82) is 0 Å². The van der Waals surface area contributed by atoms with Crippen LogP contribution in [0.2, 0.25) is 0 Å². The standard InChI is InChI=1S/C23H29BrN4O2/c1-13-7-15(3)26-23(30)19(13)10-25-22(29)18-8-17(24)9-20-21(18)14(2)11-28(20)12-16(4)27(5)6/h7-9,11,16H,10,12H2,1-6H3,(H,25,29)(H,26,30). The molecular formula is C23H29BrN4O2. The van der Waals surface area contributed by atoms with Gasteiger partial charge in [-0.05, 0) is 71.1 Å². The van der Waals surface area contributed by atoms with Gasteiger partial charge in [0.05, 0.1) is 11.1 Å². The van der Waals surface area contributed by atoms with E-state index in [1.165, 1.54) is 0 Å². The maximum atomic E-state index is 13.1. The zero-order valence-corrected chi connectivity index (χ0v) is 20.0. The van der Waals surface area contributed by atoms with E-state index >= 15 is 0 Å².